The van der Waals surface area contributed by atoms with Gasteiger partial charge in [0, 0.05) is 6.07 Å². The molecular formula is C13H13ClFN3O2. The third-order valence-electron chi connectivity index (χ3n) is 2.75. The van der Waals surface area contributed by atoms with Crippen molar-refractivity contribution >= 4 is 23.3 Å². The highest BCUT2D eigenvalue weighted by molar-refractivity contribution is 6.32. The molecule has 7 heteroatoms. The zero-order chi connectivity index (χ0) is 14.9. The van der Waals surface area contributed by atoms with Crippen LogP contribution < -0.4 is 20.5 Å². The smallest absolute Gasteiger partial charge is 0.335 e. The summed E-state index contributed by atoms with van der Waals surface area (Å²) in [5, 5.41) is 4.12. The number of hydrazine groups is 1. The van der Waals surface area contributed by atoms with Crippen LogP contribution in [0.25, 0.3) is 0 Å². The predicted octanol–water partition coefficient (Wildman–Crippen LogP) is 2.26. The fourth-order valence-electron chi connectivity index (χ4n) is 1.88. The highest BCUT2D eigenvalue weighted by atomic mass is 35.5. The molecule has 0 aliphatic carbocycles. The standard InChI is InChI=1S/C13H13ClFN3O2/c1-4-5-20-11-7-10(9(15)6-8(11)14)18-13(2,3)16-12(19)17-18/h1,6-7H,5H2,2-3H3,(H2,16,17,19). The van der Waals surface area contributed by atoms with Crippen LogP contribution in [0.4, 0.5) is 14.9 Å². The predicted molar refractivity (Wildman–Crippen MR) is 74.0 cm³/mol. The number of carbonyl (C=O) groups excluding carboxylic acids is 1. The van der Waals surface area contributed by atoms with Crippen molar-refractivity contribution in [2.75, 3.05) is 11.6 Å². The summed E-state index contributed by atoms with van der Waals surface area (Å²) in [6.45, 7) is 3.46. The van der Waals surface area contributed by atoms with Crippen LogP contribution >= 0.6 is 11.6 Å². The topological polar surface area (TPSA) is 53.6 Å². The zero-order valence-electron chi connectivity index (χ0n) is 11.0. The molecule has 1 aliphatic heterocycles. The summed E-state index contributed by atoms with van der Waals surface area (Å²) in [5.41, 5.74) is 1.84. The molecule has 2 N–H and O–H groups in total. The van der Waals surface area contributed by atoms with Gasteiger partial charge in [-0.25, -0.2) is 14.6 Å². The maximum absolute atomic E-state index is 14.1. The fraction of sp³-hybridized carbons (Fsp3) is 0.308. The molecule has 1 aromatic rings. The summed E-state index contributed by atoms with van der Waals surface area (Å²) in [6, 6.07) is 2.09. The van der Waals surface area contributed by atoms with Crippen molar-refractivity contribution in [3.63, 3.8) is 0 Å². The van der Waals surface area contributed by atoms with E-state index >= 15 is 0 Å². The van der Waals surface area contributed by atoms with Crippen LogP contribution in [0.2, 0.25) is 5.02 Å². The van der Waals surface area contributed by atoms with Gasteiger partial charge >= 0.3 is 6.03 Å². The van der Waals surface area contributed by atoms with Crippen molar-refractivity contribution in [1.82, 2.24) is 10.7 Å². The molecule has 20 heavy (non-hydrogen) atoms. The summed E-state index contributed by atoms with van der Waals surface area (Å²) >= 11 is 5.89. The van der Waals surface area contributed by atoms with E-state index < -0.39 is 17.5 Å². The van der Waals surface area contributed by atoms with Gasteiger partial charge in [-0.3, -0.25) is 5.01 Å². The fourth-order valence-corrected chi connectivity index (χ4v) is 2.09. The maximum Gasteiger partial charge on any atom is 0.335 e. The molecule has 1 heterocycles. The number of hydrogen-bond acceptors (Lipinski definition) is 3. The van der Waals surface area contributed by atoms with E-state index in [0.717, 1.165) is 6.07 Å². The molecule has 106 valence electrons. The number of amides is 2. The molecular weight excluding hydrogens is 285 g/mol. The van der Waals surface area contributed by atoms with E-state index in [1.807, 2.05) is 0 Å². The molecule has 0 bridgehead atoms. The number of nitrogens with one attached hydrogen (secondary N) is 2. The van der Waals surface area contributed by atoms with E-state index in [4.69, 9.17) is 22.8 Å². The summed E-state index contributed by atoms with van der Waals surface area (Å²) in [4.78, 5) is 11.4. The number of ether oxygens (including phenoxy) is 1. The third-order valence-corrected chi connectivity index (χ3v) is 3.04. The number of terminal acetylenes is 1. The first-order valence-electron chi connectivity index (χ1n) is 5.79. The van der Waals surface area contributed by atoms with Crippen LogP contribution in [0.15, 0.2) is 12.1 Å². The molecule has 1 aromatic carbocycles. The minimum atomic E-state index is -0.796. The average Bonchev–Trinajstić information content (AvgIpc) is 2.61. The lowest BCUT2D eigenvalue weighted by Gasteiger charge is -2.31. The molecule has 0 atom stereocenters. The number of benzene rings is 1. The summed E-state index contributed by atoms with van der Waals surface area (Å²) < 4.78 is 19.3. The molecule has 1 fully saturated rings. The Morgan fingerprint density at radius 3 is 2.80 bits per heavy atom. The van der Waals surface area contributed by atoms with Gasteiger partial charge in [0.15, 0.2) is 0 Å². The lowest BCUT2D eigenvalue weighted by molar-refractivity contribution is 0.246. The zero-order valence-corrected chi connectivity index (χ0v) is 11.7. The highest BCUT2D eigenvalue weighted by Crippen LogP contribution is 2.34. The highest BCUT2D eigenvalue weighted by Gasteiger charge is 2.38. The Hall–Kier alpha value is -2.13. The summed E-state index contributed by atoms with van der Waals surface area (Å²) in [5.74, 6) is 1.96. The lowest BCUT2D eigenvalue weighted by Crippen LogP contribution is -2.49. The Bertz CT molecular complexity index is 598. The van der Waals surface area contributed by atoms with E-state index in [1.54, 1.807) is 13.8 Å². The Kier molecular flexibility index (Phi) is 3.64. The average molecular weight is 298 g/mol. The first kappa shape index (κ1) is 14.3. The molecule has 1 saturated heterocycles. The van der Waals surface area contributed by atoms with Gasteiger partial charge in [0.1, 0.15) is 23.8 Å². The molecule has 2 rings (SSSR count). The van der Waals surface area contributed by atoms with E-state index in [9.17, 15) is 9.18 Å². The summed E-state index contributed by atoms with van der Waals surface area (Å²) in [6.07, 6.45) is 5.11. The van der Waals surface area contributed by atoms with Gasteiger partial charge in [-0.05, 0) is 19.9 Å². The number of hydrogen-bond donors (Lipinski definition) is 2. The minimum Gasteiger partial charge on any atom is -0.479 e. The third kappa shape index (κ3) is 2.58. The van der Waals surface area contributed by atoms with Crippen LogP contribution in [0.1, 0.15) is 13.8 Å². The maximum atomic E-state index is 14.1. The van der Waals surface area contributed by atoms with Crippen molar-refractivity contribution in [2.45, 2.75) is 19.5 Å². The van der Waals surface area contributed by atoms with Crippen molar-refractivity contribution in [2.24, 2.45) is 0 Å². The summed E-state index contributed by atoms with van der Waals surface area (Å²) in [7, 11) is 0. The van der Waals surface area contributed by atoms with Crippen molar-refractivity contribution < 1.29 is 13.9 Å². The van der Waals surface area contributed by atoms with E-state index in [1.165, 1.54) is 11.1 Å². The number of halogens is 2. The molecule has 0 aromatic heterocycles. The van der Waals surface area contributed by atoms with Gasteiger partial charge in [-0.1, -0.05) is 17.5 Å². The number of carbonyl (C=O) groups is 1. The SMILES string of the molecule is C#CCOc1cc(N2NC(=O)NC2(C)C)c(F)cc1Cl. The van der Waals surface area contributed by atoms with Gasteiger partial charge < -0.3 is 10.1 Å². The second-order valence-corrected chi connectivity index (χ2v) is 5.09. The largest absolute Gasteiger partial charge is 0.479 e. The molecule has 5 nitrogen and oxygen atoms in total. The van der Waals surface area contributed by atoms with Crippen molar-refractivity contribution in [1.29, 1.82) is 0 Å². The van der Waals surface area contributed by atoms with Crippen LogP contribution in [-0.4, -0.2) is 18.3 Å². The van der Waals surface area contributed by atoms with Crippen LogP contribution in [0, 0.1) is 18.2 Å². The second kappa shape index (κ2) is 5.10. The van der Waals surface area contributed by atoms with Crippen LogP contribution in [0.3, 0.4) is 0 Å². The van der Waals surface area contributed by atoms with Gasteiger partial charge in [0.25, 0.3) is 0 Å². The molecule has 0 radical (unpaired) electrons. The Balaban J connectivity index is 2.41. The number of rotatable bonds is 3. The molecule has 0 spiro atoms. The minimum absolute atomic E-state index is 0.0127. The Morgan fingerprint density at radius 2 is 2.25 bits per heavy atom. The quantitative estimate of drug-likeness (QED) is 0.842. The van der Waals surface area contributed by atoms with Crippen molar-refractivity contribution in [3.8, 4) is 18.1 Å². The first-order chi connectivity index (χ1) is 9.35. The Morgan fingerprint density at radius 1 is 1.55 bits per heavy atom. The van der Waals surface area contributed by atoms with Gasteiger partial charge in [-0.2, -0.15) is 0 Å². The normalized spacial score (nSPS) is 16.4. The van der Waals surface area contributed by atoms with Crippen molar-refractivity contribution in [3.05, 3.63) is 23.0 Å². The molecule has 2 amide bonds. The van der Waals surface area contributed by atoms with Gasteiger partial charge in [0.2, 0.25) is 0 Å². The molecule has 0 unspecified atom stereocenters. The van der Waals surface area contributed by atoms with Crippen LogP contribution in [-0.2, 0) is 0 Å². The van der Waals surface area contributed by atoms with Gasteiger partial charge in [0.05, 0.1) is 10.7 Å². The van der Waals surface area contributed by atoms with Gasteiger partial charge in [-0.15, -0.1) is 6.42 Å². The number of anilines is 1. The molecule has 0 saturated carbocycles. The lowest BCUT2D eigenvalue weighted by atomic mass is 10.2. The first-order valence-corrected chi connectivity index (χ1v) is 6.17. The molecule has 1 aliphatic rings. The monoisotopic (exact) mass is 297 g/mol. The van der Waals surface area contributed by atoms with Crippen LogP contribution in [0.5, 0.6) is 5.75 Å². The number of nitrogens with zero attached hydrogens (tertiary/aromatic N) is 1. The number of urea groups is 1. The Labute approximate surface area is 121 Å². The van der Waals surface area contributed by atoms with E-state index in [-0.39, 0.29) is 23.1 Å². The second-order valence-electron chi connectivity index (χ2n) is 4.69. The van der Waals surface area contributed by atoms with E-state index in [2.05, 4.69) is 16.7 Å². The van der Waals surface area contributed by atoms with E-state index in [0.29, 0.717) is 0 Å².